The van der Waals surface area contributed by atoms with E-state index in [0.29, 0.717) is 13.1 Å². The maximum atomic E-state index is 5.50. The van der Waals surface area contributed by atoms with E-state index >= 15 is 0 Å². The first-order valence-corrected chi connectivity index (χ1v) is 9.36. The van der Waals surface area contributed by atoms with Crippen LogP contribution in [0.15, 0.2) is 65.9 Å². The lowest BCUT2D eigenvalue weighted by atomic mass is 10.2. The molecule has 0 unspecified atom stereocenters. The zero-order valence-corrected chi connectivity index (χ0v) is 17.3. The third kappa shape index (κ3) is 5.07. The zero-order chi connectivity index (χ0) is 20.6. The smallest absolute Gasteiger partial charge is 0.193 e. The molecule has 0 radical (unpaired) electrons. The number of rotatable bonds is 7. The molecule has 0 bridgehead atoms. The number of para-hydroxylation sites is 1. The van der Waals surface area contributed by atoms with Crippen molar-refractivity contribution < 1.29 is 9.47 Å². The van der Waals surface area contributed by atoms with E-state index in [1.807, 2.05) is 77.6 Å². The van der Waals surface area contributed by atoms with E-state index in [1.165, 1.54) is 0 Å². The average Bonchev–Trinajstić information content (AvgIpc) is 3.24. The Hall–Kier alpha value is -3.48. The van der Waals surface area contributed by atoms with Crippen LogP contribution in [0.1, 0.15) is 11.1 Å². The molecule has 0 aliphatic rings. The van der Waals surface area contributed by atoms with Crippen LogP contribution in [0.3, 0.4) is 0 Å². The minimum atomic E-state index is 0.629. The van der Waals surface area contributed by atoms with Crippen molar-refractivity contribution in [1.82, 2.24) is 20.0 Å². The number of aromatic nitrogens is 2. The van der Waals surface area contributed by atoms with Gasteiger partial charge in [-0.05, 0) is 24.3 Å². The molecule has 0 saturated heterocycles. The lowest BCUT2D eigenvalue weighted by molar-refractivity contribution is 0.382. The molecule has 2 aromatic carbocycles. The van der Waals surface area contributed by atoms with Gasteiger partial charge in [0.25, 0.3) is 0 Å². The van der Waals surface area contributed by atoms with Gasteiger partial charge in [0.05, 0.1) is 26.1 Å². The predicted molar refractivity (Wildman–Crippen MR) is 115 cm³/mol. The van der Waals surface area contributed by atoms with Gasteiger partial charge in [-0.15, -0.1) is 0 Å². The van der Waals surface area contributed by atoms with E-state index in [9.17, 15) is 0 Å². The van der Waals surface area contributed by atoms with Gasteiger partial charge in [-0.2, -0.15) is 5.10 Å². The minimum Gasteiger partial charge on any atom is -0.497 e. The number of aliphatic imine (C=N–C) groups is 1. The maximum absolute atomic E-state index is 5.50. The monoisotopic (exact) mass is 393 g/mol. The molecule has 0 amide bonds. The van der Waals surface area contributed by atoms with Crippen LogP contribution in [0.2, 0.25) is 0 Å². The van der Waals surface area contributed by atoms with Crippen molar-refractivity contribution in [1.29, 1.82) is 0 Å². The SMILES string of the molecule is CN=C(NCc1cnn(-c2ccccc2)c1)N(C)Cc1ccc(OC)cc1OC. The number of hydrogen-bond donors (Lipinski definition) is 1. The predicted octanol–water partition coefficient (Wildman–Crippen LogP) is 3.10. The zero-order valence-electron chi connectivity index (χ0n) is 17.3. The quantitative estimate of drug-likeness (QED) is 0.494. The molecular formula is C22H27N5O2. The molecule has 3 aromatic rings. The second-order valence-electron chi connectivity index (χ2n) is 6.56. The summed E-state index contributed by atoms with van der Waals surface area (Å²) in [5, 5.41) is 7.82. The molecule has 29 heavy (non-hydrogen) atoms. The number of nitrogens with one attached hydrogen (secondary N) is 1. The van der Waals surface area contributed by atoms with Gasteiger partial charge in [0.2, 0.25) is 0 Å². The molecule has 0 spiro atoms. The fraction of sp³-hybridized carbons (Fsp3) is 0.273. The van der Waals surface area contributed by atoms with Crippen LogP contribution >= 0.6 is 0 Å². The highest BCUT2D eigenvalue weighted by molar-refractivity contribution is 5.79. The molecule has 7 heteroatoms. The van der Waals surface area contributed by atoms with E-state index in [-0.39, 0.29) is 0 Å². The Morgan fingerprint density at radius 1 is 1.14 bits per heavy atom. The number of nitrogens with zero attached hydrogens (tertiary/aromatic N) is 4. The topological polar surface area (TPSA) is 63.9 Å². The summed E-state index contributed by atoms with van der Waals surface area (Å²) in [7, 11) is 7.08. The summed E-state index contributed by atoms with van der Waals surface area (Å²) in [6, 6.07) is 15.9. The molecule has 1 heterocycles. The fourth-order valence-corrected chi connectivity index (χ4v) is 3.05. The van der Waals surface area contributed by atoms with Crippen LogP contribution in [0, 0.1) is 0 Å². The maximum Gasteiger partial charge on any atom is 0.193 e. The number of hydrogen-bond acceptors (Lipinski definition) is 4. The van der Waals surface area contributed by atoms with Crippen LogP contribution in [0.4, 0.5) is 0 Å². The highest BCUT2D eigenvalue weighted by atomic mass is 16.5. The number of guanidine groups is 1. The Bertz CT molecular complexity index is 953. The molecule has 0 atom stereocenters. The first-order valence-electron chi connectivity index (χ1n) is 9.36. The van der Waals surface area contributed by atoms with Crippen molar-refractivity contribution >= 4 is 5.96 Å². The van der Waals surface area contributed by atoms with Crippen LogP contribution in [-0.2, 0) is 13.1 Å². The lowest BCUT2D eigenvalue weighted by Gasteiger charge is -2.23. The molecule has 0 aliphatic heterocycles. The van der Waals surface area contributed by atoms with Crippen molar-refractivity contribution in [3.8, 4) is 17.2 Å². The number of methoxy groups -OCH3 is 2. The van der Waals surface area contributed by atoms with Crippen LogP contribution in [0.25, 0.3) is 5.69 Å². The van der Waals surface area contributed by atoms with Gasteiger partial charge in [-0.25, -0.2) is 4.68 Å². The van der Waals surface area contributed by atoms with E-state index in [4.69, 9.17) is 9.47 Å². The Labute approximate surface area is 171 Å². The normalized spacial score (nSPS) is 11.2. The summed E-state index contributed by atoms with van der Waals surface area (Å²) < 4.78 is 12.6. The minimum absolute atomic E-state index is 0.629. The fourth-order valence-electron chi connectivity index (χ4n) is 3.05. The van der Waals surface area contributed by atoms with Gasteiger partial charge in [0, 0.05) is 50.6 Å². The van der Waals surface area contributed by atoms with Gasteiger partial charge < -0.3 is 19.7 Å². The van der Waals surface area contributed by atoms with Crippen molar-refractivity contribution in [3.63, 3.8) is 0 Å². The Morgan fingerprint density at radius 3 is 2.62 bits per heavy atom. The van der Waals surface area contributed by atoms with Crippen LogP contribution in [-0.4, -0.2) is 49.0 Å². The standard InChI is InChI=1S/C22H27N5O2/c1-23-22(26(2)16-18-10-11-20(28-3)12-21(18)29-4)24-13-17-14-25-27(15-17)19-8-6-5-7-9-19/h5-12,14-15H,13,16H2,1-4H3,(H,23,24). The molecule has 152 valence electrons. The summed E-state index contributed by atoms with van der Waals surface area (Å²) in [6.45, 7) is 1.28. The summed E-state index contributed by atoms with van der Waals surface area (Å²) in [5.41, 5.74) is 3.16. The summed E-state index contributed by atoms with van der Waals surface area (Å²) in [6.07, 6.45) is 3.88. The van der Waals surface area contributed by atoms with Crippen molar-refractivity contribution in [2.45, 2.75) is 13.1 Å². The third-order valence-corrected chi connectivity index (χ3v) is 4.58. The van der Waals surface area contributed by atoms with Crippen molar-refractivity contribution in [2.24, 2.45) is 4.99 Å². The lowest BCUT2D eigenvalue weighted by Crippen LogP contribution is -2.38. The molecule has 1 aromatic heterocycles. The van der Waals surface area contributed by atoms with Gasteiger partial charge in [-0.3, -0.25) is 4.99 Å². The molecule has 7 nitrogen and oxygen atoms in total. The Morgan fingerprint density at radius 2 is 1.93 bits per heavy atom. The van der Waals surface area contributed by atoms with Crippen molar-refractivity contribution in [2.75, 3.05) is 28.3 Å². The largest absolute Gasteiger partial charge is 0.497 e. The number of benzene rings is 2. The molecule has 0 fully saturated rings. The second-order valence-corrected chi connectivity index (χ2v) is 6.56. The summed E-state index contributed by atoms with van der Waals surface area (Å²) in [5.74, 6) is 2.34. The summed E-state index contributed by atoms with van der Waals surface area (Å²) >= 11 is 0. The molecule has 1 N–H and O–H groups in total. The van der Waals surface area contributed by atoms with Gasteiger partial charge in [0.15, 0.2) is 5.96 Å². The van der Waals surface area contributed by atoms with E-state index in [2.05, 4.69) is 15.4 Å². The van der Waals surface area contributed by atoms with Crippen LogP contribution < -0.4 is 14.8 Å². The Balaban J connectivity index is 1.63. The third-order valence-electron chi connectivity index (χ3n) is 4.58. The van der Waals surface area contributed by atoms with E-state index in [1.54, 1.807) is 21.3 Å². The average molecular weight is 393 g/mol. The second kappa shape index (κ2) is 9.64. The molecule has 3 rings (SSSR count). The van der Waals surface area contributed by atoms with Gasteiger partial charge >= 0.3 is 0 Å². The van der Waals surface area contributed by atoms with E-state index in [0.717, 1.165) is 34.3 Å². The van der Waals surface area contributed by atoms with Gasteiger partial charge in [0.1, 0.15) is 11.5 Å². The Kier molecular flexibility index (Phi) is 6.73. The molecular weight excluding hydrogens is 366 g/mol. The first-order chi connectivity index (χ1) is 14.1. The van der Waals surface area contributed by atoms with Crippen molar-refractivity contribution in [3.05, 3.63) is 72.1 Å². The highest BCUT2D eigenvalue weighted by Crippen LogP contribution is 2.25. The van der Waals surface area contributed by atoms with Crippen LogP contribution in [0.5, 0.6) is 11.5 Å². The highest BCUT2D eigenvalue weighted by Gasteiger charge is 2.12. The van der Waals surface area contributed by atoms with E-state index < -0.39 is 0 Å². The molecule has 0 aliphatic carbocycles. The number of ether oxygens (including phenoxy) is 2. The summed E-state index contributed by atoms with van der Waals surface area (Å²) in [4.78, 5) is 6.44. The molecule has 0 saturated carbocycles. The van der Waals surface area contributed by atoms with Gasteiger partial charge in [-0.1, -0.05) is 18.2 Å². The first kappa shape index (κ1) is 20.3.